The van der Waals surface area contributed by atoms with Crippen LogP contribution in [0, 0.1) is 4.77 Å². The van der Waals surface area contributed by atoms with E-state index in [4.69, 9.17) is 33.7 Å². The highest BCUT2D eigenvalue weighted by atomic mass is 35.5. The lowest BCUT2D eigenvalue weighted by atomic mass is 10.2. The quantitative estimate of drug-likeness (QED) is 0.497. The van der Waals surface area contributed by atoms with Gasteiger partial charge in [0.05, 0.1) is 11.2 Å². The molecule has 0 saturated carbocycles. The molecule has 1 aromatic heterocycles. The molecule has 9 heteroatoms. The molecule has 0 spiro atoms. The van der Waals surface area contributed by atoms with Crippen LogP contribution in [0.1, 0.15) is 5.56 Å². The van der Waals surface area contributed by atoms with Gasteiger partial charge in [-0.2, -0.15) is 14.9 Å². The van der Waals surface area contributed by atoms with Crippen LogP contribution in [0.25, 0.3) is 11.4 Å². The summed E-state index contributed by atoms with van der Waals surface area (Å²) in [5, 5.41) is 20.4. The number of benzene rings is 2. The van der Waals surface area contributed by atoms with Crippen molar-refractivity contribution in [1.29, 1.82) is 0 Å². The fourth-order valence-corrected chi connectivity index (χ4v) is 2.53. The first-order chi connectivity index (χ1) is 12.5. The molecule has 1 heterocycles. The third-order valence-corrected chi connectivity index (χ3v) is 3.92. The third-order valence-electron chi connectivity index (χ3n) is 3.33. The van der Waals surface area contributed by atoms with Crippen LogP contribution >= 0.6 is 23.8 Å². The molecule has 2 aromatic carbocycles. The number of aromatic nitrogens is 3. The molecule has 3 aromatic rings. The van der Waals surface area contributed by atoms with E-state index in [1.54, 1.807) is 36.5 Å². The Labute approximate surface area is 158 Å². The van der Waals surface area contributed by atoms with Gasteiger partial charge in [-0.3, -0.25) is 0 Å². The summed E-state index contributed by atoms with van der Waals surface area (Å²) >= 11 is 11.4. The number of carboxylic acid groups (broad SMARTS) is 1. The molecule has 0 aliphatic heterocycles. The van der Waals surface area contributed by atoms with Gasteiger partial charge in [0.2, 0.25) is 4.77 Å². The SMILES string of the molecule is O=C(O)COc1ccc(/C=N\n2c(-c3ccccc3Cl)n[nH]c2=S)cc1. The first-order valence-electron chi connectivity index (χ1n) is 7.46. The lowest BCUT2D eigenvalue weighted by Gasteiger charge is -2.04. The van der Waals surface area contributed by atoms with Gasteiger partial charge in [0.15, 0.2) is 12.4 Å². The second-order valence-electron chi connectivity index (χ2n) is 5.14. The Hall–Kier alpha value is -2.97. The van der Waals surface area contributed by atoms with Crippen molar-refractivity contribution in [3.05, 3.63) is 63.9 Å². The highest BCUT2D eigenvalue weighted by molar-refractivity contribution is 7.71. The number of aliphatic carboxylic acids is 1. The molecule has 0 saturated heterocycles. The first-order valence-corrected chi connectivity index (χ1v) is 8.24. The van der Waals surface area contributed by atoms with Crippen molar-refractivity contribution in [2.75, 3.05) is 6.61 Å². The number of carbonyl (C=O) groups is 1. The van der Waals surface area contributed by atoms with Gasteiger partial charge in [0.1, 0.15) is 5.75 Å². The number of H-pyrrole nitrogens is 1. The van der Waals surface area contributed by atoms with E-state index >= 15 is 0 Å². The topological polar surface area (TPSA) is 92.5 Å². The second-order valence-corrected chi connectivity index (χ2v) is 5.93. The average Bonchev–Trinajstić information content (AvgIpc) is 3.00. The summed E-state index contributed by atoms with van der Waals surface area (Å²) in [7, 11) is 0. The van der Waals surface area contributed by atoms with Crippen molar-refractivity contribution < 1.29 is 14.6 Å². The molecular weight excluding hydrogens is 376 g/mol. The molecule has 0 amide bonds. The lowest BCUT2D eigenvalue weighted by molar-refractivity contribution is -0.139. The number of halogens is 1. The number of ether oxygens (including phenoxy) is 1. The monoisotopic (exact) mass is 388 g/mol. The molecular formula is C17H13ClN4O3S. The van der Waals surface area contributed by atoms with Crippen LogP contribution in [0.4, 0.5) is 0 Å². The molecule has 132 valence electrons. The van der Waals surface area contributed by atoms with E-state index in [2.05, 4.69) is 15.3 Å². The van der Waals surface area contributed by atoms with Crippen molar-refractivity contribution in [3.8, 4) is 17.1 Å². The summed E-state index contributed by atoms with van der Waals surface area (Å²) in [5.74, 6) is -0.0726. The molecule has 26 heavy (non-hydrogen) atoms. The Kier molecular flexibility index (Phi) is 5.45. The molecule has 0 aliphatic carbocycles. The number of hydrogen-bond acceptors (Lipinski definition) is 5. The predicted octanol–water partition coefficient (Wildman–Crippen LogP) is 3.61. The van der Waals surface area contributed by atoms with E-state index < -0.39 is 12.6 Å². The van der Waals surface area contributed by atoms with Crippen molar-refractivity contribution in [1.82, 2.24) is 14.9 Å². The van der Waals surface area contributed by atoms with Crippen LogP contribution in [0.3, 0.4) is 0 Å². The summed E-state index contributed by atoms with van der Waals surface area (Å²) in [4.78, 5) is 10.5. The molecule has 3 rings (SSSR count). The van der Waals surface area contributed by atoms with Crippen molar-refractivity contribution >= 4 is 36.0 Å². The minimum Gasteiger partial charge on any atom is -0.482 e. The highest BCUT2D eigenvalue weighted by Crippen LogP contribution is 2.25. The summed E-state index contributed by atoms with van der Waals surface area (Å²) < 4.78 is 6.90. The summed E-state index contributed by atoms with van der Waals surface area (Å²) in [6, 6.07) is 14.1. The van der Waals surface area contributed by atoms with Crippen LogP contribution in [0.2, 0.25) is 5.02 Å². The van der Waals surface area contributed by atoms with Gasteiger partial charge in [-0.15, -0.1) is 0 Å². The molecule has 2 N–H and O–H groups in total. The number of carboxylic acids is 1. The van der Waals surface area contributed by atoms with E-state index in [1.165, 1.54) is 4.68 Å². The summed E-state index contributed by atoms with van der Waals surface area (Å²) in [6.07, 6.45) is 1.60. The Balaban J connectivity index is 1.83. The van der Waals surface area contributed by atoms with Gasteiger partial charge in [0, 0.05) is 5.56 Å². The molecule has 0 radical (unpaired) electrons. The lowest BCUT2D eigenvalue weighted by Crippen LogP contribution is -2.09. The number of hydrogen-bond donors (Lipinski definition) is 2. The molecule has 0 aliphatic rings. The van der Waals surface area contributed by atoms with E-state index in [-0.39, 0.29) is 0 Å². The van der Waals surface area contributed by atoms with Gasteiger partial charge < -0.3 is 9.84 Å². The zero-order chi connectivity index (χ0) is 18.5. The van der Waals surface area contributed by atoms with Crippen LogP contribution in [-0.4, -0.2) is 38.8 Å². The fourth-order valence-electron chi connectivity index (χ4n) is 2.14. The fraction of sp³-hybridized carbons (Fsp3) is 0.0588. The minimum atomic E-state index is -1.03. The third kappa shape index (κ3) is 4.16. The highest BCUT2D eigenvalue weighted by Gasteiger charge is 2.11. The van der Waals surface area contributed by atoms with Crippen molar-refractivity contribution in [2.45, 2.75) is 0 Å². The van der Waals surface area contributed by atoms with Crippen LogP contribution in [0.5, 0.6) is 5.75 Å². The first kappa shape index (κ1) is 17.8. The van der Waals surface area contributed by atoms with Crippen LogP contribution < -0.4 is 4.74 Å². The zero-order valence-corrected chi connectivity index (χ0v) is 14.9. The average molecular weight is 389 g/mol. The zero-order valence-electron chi connectivity index (χ0n) is 13.3. The Morgan fingerprint density at radius 1 is 1.31 bits per heavy atom. The maximum Gasteiger partial charge on any atom is 0.341 e. The van der Waals surface area contributed by atoms with Gasteiger partial charge in [-0.25, -0.2) is 9.89 Å². The Morgan fingerprint density at radius 3 is 2.73 bits per heavy atom. The number of nitrogens with zero attached hydrogens (tertiary/aromatic N) is 3. The van der Waals surface area contributed by atoms with E-state index in [0.717, 1.165) is 5.56 Å². The maximum atomic E-state index is 10.5. The molecule has 7 nitrogen and oxygen atoms in total. The minimum absolute atomic E-state index is 0.331. The van der Waals surface area contributed by atoms with Crippen molar-refractivity contribution in [3.63, 3.8) is 0 Å². The number of aromatic amines is 1. The smallest absolute Gasteiger partial charge is 0.341 e. The molecule has 0 bridgehead atoms. The van der Waals surface area contributed by atoms with E-state index in [9.17, 15) is 4.79 Å². The van der Waals surface area contributed by atoms with Gasteiger partial charge >= 0.3 is 5.97 Å². The largest absolute Gasteiger partial charge is 0.482 e. The number of nitrogens with one attached hydrogen (secondary N) is 1. The molecule has 0 atom stereocenters. The van der Waals surface area contributed by atoms with Crippen LogP contribution in [0.15, 0.2) is 53.6 Å². The van der Waals surface area contributed by atoms with E-state index in [1.807, 2.05) is 18.2 Å². The molecule has 0 unspecified atom stereocenters. The van der Waals surface area contributed by atoms with E-state index in [0.29, 0.717) is 26.9 Å². The Bertz CT molecular complexity index is 1010. The summed E-state index contributed by atoms with van der Waals surface area (Å²) in [5.41, 5.74) is 1.48. The normalized spacial score (nSPS) is 11.0. The van der Waals surface area contributed by atoms with Gasteiger partial charge in [-0.1, -0.05) is 23.7 Å². The van der Waals surface area contributed by atoms with Crippen LogP contribution in [-0.2, 0) is 4.79 Å². The standard InChI is InChI=1S/C17H13ClN4O3S/c18-14-4-2-1-3-13(14)16-20-21-17(26)22(16)19-9-11-5-7-12(8-6-11)25-10-15(23)24/h1-9H,10H2,(H,21,26)(H,23,24)/b19-9-. The van der Waals surface area contributed by atoms with Crippen molar-refractivity contribution in [2.24, 2.45) is 5.10 Å². The summed E-state index contributed by atoms with van der Waals surface area (Å²) in [6.45, 7) is -0.390. The predicted molar refractivity (Wildman–Crippen MR) is 100 cm³/mol. The van der Waals surface area contributed by atoms with Gasteiger partial charge in [-0.05, 0) is 54.2 Å². The maximum absolute atomic E-state index is 10.5. The number of rotatable bonds is 6. The van der Waals surface area contributed by atoms with Gasteiger partial charge in [0.25, 0.3) is 0 Å². The molecule has 0 fully saturated rings. The Morgan fingerprint density at radius 2 is 2.04 bits per heavy atom. The second kappa shape index (κ2) is 7.94.